The molecule has 0 aliphatic rings. The van der Waals surface area contributed by atoms with Gasteiger partial charge < -0.3 is 4.52 Å². The maximum absolute atomic E-state index is 12.8. The minimum absolute atomic E-state index is 0.258. The summed E-state index contributed by atoms with van der Waals surface area (Å²) in [5, 5.41) is 5.99. The quantitative estimate of drug-likeness (QED) is 0.676. The molecule has 0 radical (unpaired) electrons. The Morgan fingerprint density at radius 2 is 1.94 bits per heavy atom. The van der Waals surface area contributed by atoms with Crippen LogP contribution in [0.5, 0.6) is 0 Å². The predicted molar refractivity (Wildman–Crippen MR) is 65.2 cm³/mol. The summed E-state index contributed by atoms with van der Waals surface area (Å²) in [7, 11) is 0. The number of nitrogens with zero attached hydrogens (tertiary/aromatic N) is 1. The zero-order valence-electron chi connectivity index (χ0n) is 8.76. The van der Waals surface area contributed by atoms with Crippen molar-refractivity contribution in [3.8, 4) is 21.9 Å². The van der Waals surface area contributed by atoms with E-state index in [1.54, 1.807) is 23.5 Å². The molecule has 3 rings (SSSR count). The Morgan fingerprint density at radius 3 is 2.65 bits per heavy atom. The number of rotatable bonds is 2. The lowest BCUT2D eigenvalue weighted by molar-refractivity contribution is 0.435. The van der Waals surface area contributed by atoms with Crippen LogP contribution < -0.4 is 0 Å². The normalized spacial score (nSPS) is 10.6. The van der Waals surface area contributed by atoms with Crippen LogP contribution in [0.3, 0.4) is 0 Å². The SMILES string of the molecule is Fc1ccc(-c2cc(-c3cccs3)no2)cc1. The second-order valence-electron chi connectivity index (χ2n) is 3.56. The molecule has 0 N–H and O–H groups in total. The molecule has 0 unspecified atom stereocenters. The Hall–Kier alpha value is -1.94. The summed E-state index contributed by atoms with van der Waals surface area (Å²) in [5.74, 6) is 0.389. The van der Waals surface area contributed by atoms with Crippen LogP contribution in [-0.2, 0) is 0 Å². The van der Waals surface area contributed by atoms with Crippen molar-refractivity contribution in [2.45, 2.75) is 0 Å². The lowest BCUT2D eigenvalue weighted by Crippen LogP contribution is -1.75. The Bertz CT molecular complexity index is 613. The van der Waals surface area contributed by atoms with E-state index in [4.69, 9.17) is 4.52 Å². The molecule has 0 amide bonds. The van der Waals surface area contributed by atoms with Gasteiger partial charge in [-0.25, -0.2) is 4.39 Å². The van der Waals surface area contributed by atoms with Crippen LogP contribution in [0.1, 0.15) is 0 Å². The van der Waals surface area contributed by atoms with Gasteiger partial charge in [0.1, 0.15) is 11.5 Å². The minimum atomic E-state index is -0.258. The fraction of sp³-hybridized carbons (Fsp3) is 0. The first-order chi connectivity index (χ1) is 8.33. The summed E-state index contributed by atoms with van der Waals surface area (Å²) in [6, 6.07) is 12.0. The van der Waals surface area contributed by atoms with E-state index in [9.17, 15) is 4.39 Å². The summed E-state index contributed by atoms with van der Waals surface area (Å²) in [6.45, 7) is 0. The maximum atomic E-state index is 12.8. The average Bonchev–Trinajstić information content (AvgIpc) is 3.00. The molecule has 3 aromatic rings. The molecular weight excluding hydrogens is 237 g/mol. The Morgan fingerprint density at radius 1 is 1.12 bits per heavy atom. The van der Waals surface area contributed by atoms with Crippen LogP contribution in [0, 0.1) is 5.82 Å². The van der Waals surface area contributed by atoms with Crippen molar-refractivity contribution in [3.05, 3.63) is 53.7 Å². The average molecular weight is 245 g/mol. The van der Waals surface area contributed by atoms with Crippen LogP contribution >= 0.6 is 11.3 Å². The third-order valence-electron chi connectivity index (χ3n) is 2.41. The topological polar surface area (TPSA) is 26.0 Å². The summed E-state index contributed by atoms with van der Waals surface area (Å²) >= 11 is 1.60. The summed E-state index contributed by atoms with van der Waals surface area (Å²) < 4.78 is 18.0. The Labute approximate surface area is 101 Å². The molecule has 0 bridgehead atoms. The van der Waals surface area contributed by atoms with Gasteiger partial charge >= 0.3 is 0 Å². The summed E-state index contributed by atoms with van der Waals surface area (Å²) in [6.07, 6.45) is 0. The molecule has 0 spiro atoms. The fourth-order valence-corrected chi connectivity index (χ4v) is 2.24. The lowest BCUT2D eigenvalue weighted by Gasteiger charge is -1.93. The van der Waals surface area contributed by atoms with E-state index in [1.165, 1.54) is 12.1 Å². The third-order valence-corrected chi connectivity index (χ3v) is 3.30. The van der Waals surface area contributed by atoms with Crippen molar-refractivity contribution in [2.75, 3.05) is 0 Å². The monoisotopic (exact) mass is 245 g/mol. The number of aromatic nitrogens is 1. The van der Waals surface area contributed by atoms with Gasteiger partial charge in [0, 0.05) is 11.6 Å². The smallest absolute Gasteiger partial charge is 0.167 e. The molecule has 2 heterocycles. The Kier molecular flexibility index (Phi) is 2.49. The van der Waals surface area contributed by atoms with E-state index < -0.39 is 0 Å². The Balaban J connectivity index is 1.98. The van der Waals surface area contributed by atoms with Crippen LogP contribution in [0.4, 0.5) is 4.39 Å². The first-order valence-electron chi connectivity index (χ1n) is 5.09. The molecule has 84 valence electrons. The van der Waals surface area contributed by atoms with Crippen LogP contribution in [0.25, 0.3) is 21.9 Å². The zero-order valence-corrected chi connectivity index (χ0v) is 9.58. The number of benzene rings is 1. The van der Waals surface area contributed by atoms with Gasteiger partial charge in [0.25, 0.3) is 0 Å². The van der Waals surface area contributed by atoms with Gasteiger partial charge in [0.05, 0.1) is 4.88 Å². The molecule has 2 aromatic heterocycles. The van der Waals surface area contributed by atoms with Gasteiger partial charge in [0.15, 0.2) is 5.76 Å². The van der Waals surface area contributed by atoms with Gasteiger partial charge in [0.2, 0.25) is 0 Å². The van der Waals surface area contributed by atoms with E-state index in [2.05, 4.69) is 5.16 Å². The van der Waals surface area contributed by atoms with Gasteiger partial charge in [-0.05, 0) is 35.7 Å². The highest BCUT2D eigenvalue weighted by molar-refractivity contribution is 7.13. The number of hydrogen-bond acceptors (Lipinski definition) is 3. The molecular formula is C13H8FNOS. The van der Waals surface area contributed by atoms with Gasteiger partial charge in [-0.15, -0.1) is 11.3 Å². The molecule has 0 aliphatic heterocycles. The number of thiophene rings is 1. The molecule has 0 saturated carbocycles. The van der Waals surface area contributed by atoms with Crippen molar-refractivity contribution in [1.29, 1.82) is 0 Å². The molecule has 0 aliphatic carbocycles. The molecule has 0 atom stereocenters. The standard InChI is InChI=1S/C13H8FNOS/c14-10-5-3-9(4-6-10)12-8-11(15-16-12)13-2-1-7-17-13/h1-8H. The largest absolute Gasteiger partial charge is 0.356 e. The molecule has 2 nitrogen and oxygen atoms in total. The van der Waals surface area contributed by atoms with E-state index in [0.717, 1.165) is 16.1 Å². The maximum Gasteiger partial charge on any atom is 0.167 e. The van der Waals surface area contributed by atoms with Crippen LogP contribution in [-0.4, -0.2) is 5.16 Å². The summed E-state index contributed by atoms with van der Waals surface area (Å²) in [4.78, 5) is 1.06. The highest BCUT2D eigenvalue weighted by atomic mass is 32.1. The van der Waals surface area contributed by atoms with E-state index in [-0.39, 0.29) is 5.82 Å². The van der Waals surface area contributed by atoms with Crippen molar-refractivity contribution >= 4 is 11.3 Å². The van der Waals surface area contributed by atoms with Gasteiger partial charge in [-0.3, -0.25) is 0 Å². The third kappa shape index (κ3) is 1.99. The molecule has 0 fully saturated rings. The highest BCUT2D eigenvalue weighted by Gasteiger charge is 2.08. The second-order valence-corrected chi connectivity index (χ2v) is 4.51. The van der Waals surface area contributed by atoms with Crippen molar-refractivity contribution in [3.63, 3.8) is 0 Å². The van der Waals surface area contributed by atoms with Crippen molar-refractivity contribution in [2.24, 2.45) is 0 Å². The molecule has 17 heavy (non-hydrogen) atoms. The molecule has 4 heteroatoms. The van der Waals surface area contributed by atoms with E-state index in [0.29, 0.717) is 5.76 Å². The predicted octanol–water partition coefficient (Wildman–Crippen LogP) is 4.21. The minimum Gasteiger partial charge on any atom is -0.356 e. The lowest BCUT2D eigenvalue weighted by atomic mass is 10.1. The van der Waals surface area contributed by atoms with E-state index >= 15 is 0 Å². The van der Waals surface area contributed by atoms with E-state index in [1.807, 2.05) is 23.6 Å². The first-order valence-corrected chi connectivity index (χ1v) is 5.97. The highest BCUT2D eigenvalue weighted by Crippen LogP contribution is 2.28. The van der Waals surface area contributed by atoms with Gasteiger partial charge in [-0.2, -0.15) is 0 Å². The van der Waals surface area contributed by atoms with Crippen LogP contribution in [0.2, 0.25) is 0 Å². The second kappa shape index (κ2) is 4.14. The van der Waals surface area contributed by atoms with Crippen LogP contribution in [0.15, 0.2) is 52.4 Å². The zero-order chi connectivity index (χ0) is 11.7. The number of hydrogen-bond donors (Lipinski definition) is 0. The molecule has 1 aromatic carbocycles. The number of halogens is 1. The summed E-state index contributed by atoms with van der Waals surface area (Å²) in [5.41, 5.74) is 1.63. The van der Waals surface area contributed by atoms with Crippen molar-refractivity contribution in [1.82, 2.24) is 5.16 Å². The molecule has 0 saturated heterocycles. The van der Waals surface area contributed by atoms with Gasteiger partial charge in [-0.1, -0.05) is 11.2 Å². The fourth-order valence-electron chi connectivity index (χ4n) is 1.57. The van der Waals surface area contributed by atoms with Crippen molar-refractivity contribution < 1.29 is 8.91 Å². The first kappa shape index (κ1) is 10.2.